The molecule has 0 amide bonds. The maximum Gasteiger partial charge on any atom is 0.227 e. The number of nitrogens with one attached hydrogen (secondary N) is 2. The van der Waals surface area contributed by atoms with E-state index < -0.39 is 0 Å². The Morgan fingerprint density at radius 3 is 2.90 bits per heavy atom. The van der Waals surface area contributed by atoms with E-state index in [4.69, 9.17) is 11.3 Å². The molecule has 2 aliphatic rings. The standard InChI is InChI=1S/C24H27N5O/c1-24(2,25-3)11-10-16-13-30-20-7-5-4-6-17(20)21(16)29-23-18-12-19(15-8-9-15)28-22(18)26-14-27-23/h4-7,12,14-16,21H,8-11,13H2,1-2H3,(H2,26,27,28,29)/t16-,21?/m1/s1. The van der Waals surface area contributed by atoms with Crippen LogP contribution in [0.4, 0.5) is 5.82 Å². The van der Waals surface area contributed by atoms with E-state index in [1.807, 2.05) is 26.0 Å². The second kappa shape index (κ2) is 7.32. The predicted molar refractivity (Wildman–Crippen MR) is 118 cm³/mol. The number of anilines is 1. The van der Waals surface area contributed by atoms with Crippen molar-refractivity contribution >= 4 is 16.9 Å². The quantitative estimate of drug-likeness (QED) is 0.537. The highest BCUT2D eigenvalue weighted by atomic mass is 16.5. The summed E-state index contributed by atoms with van der Waals surface area (Å²) in [7, 11) is 0. The van der Waals surface area contributed by atoms with Crippen molar-refractivity contribution in [1.29, 1.82) is 0 Å². The van der Waals surface area contributed by atoms with Gasteiger partial charge in [-0.25, -0.2) is 16.5 Å². The smallest absolute Gasteiger partial charge is 0.227 e. The van der Waals surface area contributed by atoms with Crippen LogP contribution in [0.25, 0.3) is 15.9 Å². The molecular formula is C24H27N5O. The number of para-hydroxylation sites is 1. The fourth-order valence-corrected chi connectivity index (χ4v) is 4.29. The molecule has 0 spiro atoms. The molecule has 1 aliphatic heterocycles. The topological polar surface area (TPSA) is 67.2 Å². The molecule has 0 saturated heterocycles. The van der Waals surface area contributed by atoms with Gasteiger partial charge in [0.15, 0.2) is 0 Å². The molecule has 1 aromatic carbocycles. The van der Waals surface area contributed by atoms with E-state index in [2.05, 4.69) is 43.3 Å². The zero-order valence-electron chi connectivity index (χ0n) is 17.5. The maximum absolute atomic E-state index is 7.46. The Kier molecular flexibility index (Phi) is 4.62. The number of H-pyrrole nitrogens is 1. The number of ether oxygens (including phenoxy) is 1. The van der Waals surface area contributed by atoms with Gasteiger partial charge in [-0.1, -0.05) is 18.2 Å². The minimum atomic E-state index is -0.358. The Morgan fingerprint density at radius 1 is 1.27 bits per heavy atom. The summed E-state index contributed by atoms with van der Waals surface area (Å²) in [4.78, 5) is 16.3. The van der Waals surface area contributed by atoms with Gasteiger partial charge >= 0.3 is 0 Å². The number of benzene rings is 1. The molecule has 0 bridgehead atoms. The van der Waals surface area contributed by atoms with Crippen molar-refractivity contribution in [3.05, 3.63) is 59.3 Å². The highest BCUT2D eigenvalue weighted by molar-refractivity contribution is 5.88. The van der Waals surface area contributed by atoms with Crippen LogP contribution in [0.2, 0.25) is 0 Å². The van der Waals surface area contributed by atoms with E-state index in [9.17, 15) is 0 Å². The molecule has 3 aromatic rings. The van der Waals surface area contributed by atoms with Crippen molar-refractivity contribution in [2.24, 2.45) is 5.92 Å². The molecule has 1 aliphatic carbocycles. The first kappa shape index (κ1) is 18.9. The van der Waals surface area contributed by atoms with Crippen molar-refractivity contribution in [2.45, 2.75) is 57.0 Å². The van der Waals surface area contributed by atoms with Crippen LogP contribution in [0, 0.1) is 12.5 Å². The molecule has 1 saturated carbocycles. The second-order valence-corrected chi connectivity index (χ2v) is 9.18. The molecule has 2 atom stereocenters. The van der Waals surface area contributed by atoms with E-state index in [0.29, 0.717) is 12.5 Å². The lowest BCUT2D eigenvalue weighted by atomic mass is 9.84. The SMILES string of the molecule is [C-]#[N+]C(C)(C)CC[C@@H]1COc2ccccc2C1Nc1ncnc2[nH]c(C3CC3)cc12. The Hall–Kier alpha value is -3.07. The normalized spacial score (nSPS) is 21.0. The van der Waals surface area contributed by atoms with Gasteiger partial charge in [0.1, 0.15) is 23.5 Å². The first-order valence-corrected chi connectivity index (χ1v) is 10.7. The van der Waals surface area contributed by atoms with Crippen LogP contribution in [-0.2, 0) is 0 Å². The van der Waals surface area contributed by atoms with Gasteiger partial charge in [-0.3, -0.25) is 0 Å². The van der Waals surface area contributed by atoms with Crippen molar-refractivity contribution in [3.8, 4) is 5.75 Å². The Bertz CT molecular complexity index is 1110. The highest BCUT2D eigenvalue weighted by Crippen LogP contribution is 2.43. The van der Waals surface area contributed by atoms with Crippen LogP contribution in [-0.4, -0.2) is 27.1 Å². The minimum absolute atomic E-state index is 0.0776. The summed E-state index contributed by atoms with van der Waals surface area (Å²) in [5.41, 5.74) is 2.94. The second-order valence-electron chi connectivity index (χ2n) is 9.18. The lowest BCUT2D eigenvalue weighted by Crippen LogP contribution is -2.32. The highest BCUT2D eigenvalue weighted by Gasteiger charge is 2.34. The zero-order valence-corrected chi connectivity index (χ0v) is 17.5. The average molecular weight is 402 g/mol. The molecule has 6 heteroatoms. The number of rotatable bonds is 6. The molecular weight excluding hydrogens is 374 g/mol. The molecule has 2 N–H and O–H groups in total. The Balaban J connectivity index is 1.48. The van der Waals surface area contributed by atoms with Crippen LogP contribution in [0.1, 0.15) is 62.7 Å². The third-order valence-corrected chi connectivity index (χ3v) is 6.36. The van der Waals surface area contributed by atoms with Gasteiger partial charge < -0.3 is 19.9 Å². The third kappa shape index (κ3) is 3.60. The van der Waals surface area contributed by atoms with Gasteiger partial charge in [0.25, 0.3) is 0 Å². The van der Waals surface area contributed by atoms with Gasteiger partial charge in [-0.15, -0.1) is 0 Å². The van der Waals surface area contributed by atoms with Gasteiger partial charge in [0.2, 0.25) is 5.54 Å². The summed E-state index contributed by atoms with van der Waals surface area (Å²) in [5.74, 6) is 2.68. The van der Waals surface area contributed by atoms with Crippen molar-refractivity contribution in [1.82, 2.24) is 15.0 Å². The molecule has 6 nitrogen and oxygen atoms in total. The van der Waals surface area contributed by atoms with Crippen molar-refractivity contribution in [3.63, 3.8) is 0 Å². The van der Waals surface area contributed by atoms with Crippen LogP contribution in [0.5, 0.6) is 5.75 Å². The number of aromatic nitrogens is 3. The summed E-state index contributed by atoms with van der Waals surface area (Å²) < 4.78 is 6.08. The number of aromatic amines is 1. The summed E-state index contributed by atoms with van der Waals surface area (Å²) >= 11 is 0. The average Bonchev–Trinajstić information content (AvgIpc) is 3.52. The summed E-state index contributed by atoms with van der Waals surface area (Å²) in [6.07, 6.45) is 5.86. The Morgan fingerprint density at radius 2 is 2.10 bits per heavy atom. The Labute approximate surface area is 176 Å². The van der Waals surface area contributed by atoms with E-state index >= 15 is 0 Å². The van der Waals surface area contributed by atoms with Crippen LogP contribution in [0.15, 0.2) is 36.7 Å². The zero-order chi connectivity index (χ0) is 20.7. The lowest BCUT2D eigenvalue weighted by Gasteiger charge is -2.35. The first-order chi connectivity index (χ1) is 14.5. The molecule has 2 aromatic heterocycles. The van der Waals surface area contributed by atoms with E-state index in [-0.39, 0.29) is 17.5 Å². The molecule has 1 unspecified atom stereocenters. The third-order valence-electron chi connectivity index (χ3n) is 6.36. The van der Waals surface area contributed by atoms with Crippen molar-refractivity contribution < 1.29 is 4.74 Å². The number of hydrogen-bond acceptors (Lipinski definition) is 4. The summed E-state index contributed by atoms with van der Waals surface area (Å²) in [6.45, 7) is 12.1. The fraction of sp³-hybridized carbons (Fsp3) is 0.458. The van der Waals surface area contributed by atoms with E-state index in [1.165, 1.54) is 18.5 Å². The molecule has 1 fully saturated rings. The van der Waals surface area contributed by atoms with Crippen molar-refractivity contribution in [2.75, 3.05) is 11.9 Å². The summed E-state index contributed by atoms with van der Waals surface area (Å²) in [5, 5.41) is 4.77. The van der Waals surface area contributed by atoms with Gasteiger partial charge in [-0.2, -0.15) is 0 Å². The first-order valence-electron chi connectivity index (χ1n) is 10.7. The van der Waals surface area contributed by atoms with E-state index in [0.717, 1.165) is 41.0 Å². The van der Waals surface area contributed by atoms with Gasteiger partial charge in [-0.05, 0) is 37.3 Å². The maximum atomic E-state index is 7.46. The molecule has 3 heterocycles. The lowest BCUT2D eigenvalue weighted by molar-refractivity contribution is 0.187. The van der Waals surface area contributed by atoms with Crippen LogP contribution in [0.3, 0.4) is 0 Å². The summed E-state index contributed by atoms with van der Waals surface area (Å²) in [6, 6.07) is 10.5. The molecule has 0 radical (unpaired) electrons. The fourth-order valence-electron chi connectivity index (χ4n) is 4.29. The van der Waals surface area contributed by atoms with Crippen LogP contribution >= 0.6 is 0 Å². The largest absolute Gasteiger partial charge is 0.493 e. The van der Waals surface area contributed by atoms with Gasteiger partial charge in [0.05, 0.1) is 18.0 Å². The predicted octanol–water partition coefficient (Wildman–Crippen LogP) is 5.48. The number of hydrogen-bond donors (Lipinski definition) is 2. The molecule has 5 rings (SSSR count). The number of nitrogens with zero attached hydrogens (tertiary/aromatic N) is 3. The van der Waals surface area contributed by atoms with Crippen LogP contribution < -0.4 is 10.1 Å². The van der Waals surface area contributed by atoms with Gasteiger partial charge in [0, 0.05) is 37.4 Å². The van der Waals surface area contributed by atoms with E-state index in [1.54, 1.807) is 6.33 Å². The minimum Gasteiger partial charge on any atom is -0.493 e. The number of fused-ring (bicyclic) bond motifs is 2. The molecule has 154 valence electrons. The molecule has 30 heavy (non-hydrogen) atoms. The monoisotopic (exact) mass is 401 g/mol.